The third-order valence-electron chi connectivity index (χ3n) is 16.1. The number of nitrogens with zero attached hydrogens (tertiary/aromatic N) is 4. The van der Waals surface area contributed by atoms with Crippen LogP contribution in [0.15, 0.2) is 65.5 Å². The molecule has 1 aliphatic carbocycles. The fourth-order valence-corrected chi connectivity index (χ4v) is 12.1. The van der Waals surface area contributed by atoms with E-state index in [-0.39, 0.29) is 60.8 Å². The summed E-state index contributed by atoms with van der Waals surface area (Å²) in [5.74, 6) is -0.579. The number of imidazole rings is 1. The van der Waals surface area contributed by atoms with E-state index in [0.717, 1.165) is 65.8 Å². The van der Waals surface area contributed by atoms with Crippen molar-refractivity contribution < 1.29 is 41.4 Å². The molecular weight excluding hydrogens is 917 g/mol. The van der Waals surface area contributed by atoms with Crippen LogP contribution >= 0.6 is 0 Å². The first-order chi connectivity index (χ1) is 33.7. The first kappa shape index (κ1) is 50.5. The van der Waals surface area contributed by atoms with Crippen LogP contribution in [0.25, 0.3) is 16.6 Å². The van der Waals surface area contributed by atoms with Gasteiger partial charge in [-0.3, -0.25) is 33.7 Å². The van der Waals surface area contributed by atoms with Gasteiger partial charge in [-0.25, -0.2) is 9.18 Å². The summed E-state index contributed by atoms with van der Waals surface area (Å²) in [5, 5.41) is 6.11. The van der Waals surface area contributed by atoms with Crippen LogP contribution in [0.1, 0.15) is 127 Å². The van der Waals surface area contributed by atoms with Crippen LogP contribution in [0.3, 0.4) is 0 Å². The number of allylic oxidation sites excluding steroid dienone is 2. The number of hydrogen-bond donors (Lipinski definition) is 2. The molecule has 0 saturated carbocycles. The number of carbonyl (C=O) groups is 3. The average molecular weight is 985 g/mol. The molecule has 4 aromatic rings. The van der Waals surface area contributed by atoms with E-state index in [1.807, 2.05) is 58.3 Å². The number of imide groups is 1. The van der Waals surface area contributed by atoms with Gasteiger partial charge in [0.1, 0.15) is 17.6 Å². The number of aromatic nitrogens is 2. The molecule has 0 radical (unpaired) electrons. The topological polar surface area (TPSA) is 127 Å². The number of piperidine rings is 2. The molecule has 2 N–H and O–H groups in total. The van der Waals surface area contributed by atoms with Gasteiger partial charge in [-0.15, -0.1) is 0 Å². The lowest BCUT2D eigenvalue weighted by Gasteiger charge is -2.46. The van der Waals surface area contributed by atoms with E-state index >= 15 is 4.39 Å². The number of hydrogen-bond acceptors (Lipinski definition) is 8. The summed E-state index contributed by atoms with van der Waals surface area (Å²) in [7, 11) is 1.62. The zero-order valence-corrected chi connectivity index (χ0v) is 41.7. The zero-order chi connectivity index (χ0) is 50.5. The molecule has 71 heavy (non-hydrogen) atoms. The maximum absolute atomic E-state index is 16.1. The van der Waals surface area contributed by atoms with Crippen molar-refractivity contribution in [2.45, 2.75) is 147 Å². The monoisotopic (exact) mass is 985 g/mol. The quantitative estimate of drug-likeness (QED) is 0.0946. The van der Waals surface area contributed by atoms with E-state index in [1.54, 1.807) is 22.3 Å². The standard InChI is InChI=1S/C55H68F4N6O6/c1-52(2,55(57,58)59)34-62(29-24-54(25-30-71-53(3,4)33-54)38-13-15-40(70-5)16-14-38)32-35-8-17-41(43(56)31-35)36-9-11-37(12-10-36)50(68)63-27-22-39(23-28-63)60-44-18-19-45-48-42(44)7-6-26-64(48)51(69)65(45)46-20-21-47(66)61-49(46)67/h8-9,13-19,31,37,39,46,60H,6-7,10-12,20-30,32-34H2,1-5H3,(H,61,66,67)/t37-,46+,54+/m0/s1. The summed E-state index contributed by atoms with van der Waals surface area (Å²) < 4.78 is 74.2. The number of aryl methyl sites for hydroxylation is 2. The first-order valence-corrected chi connectivity index (χ1v) is 25.5. The van der Waals surface area contributed by atoms with E-state index < -0.39 is 35.0 Å². The summed E-state index contributed by atoms with van der Waals surface area (Å²) in [4.78, 5) is 55.9. The first-order valence-electron chi connectivity index (χ1n) is 25.5. The van der Waals surface area contributed by atoms with Gasteiger partial charge in [-0.2, -0.15) is 13.2 Å². The van der Waals surface area contributed by atoms with Crippen molar-refractivity contribution in [1.82, 2.24) is 24.3 Å². The van der Waals surface area contributed by atoms with E-state index in [4.69, 9.17) is 9.47 Å². The van der Waals surface area contributed by atoms with Gasteiger partial charge in [0, 0.05) is 79.9 Å². The molecule has 0 spiro atoms. The van der Waals surface area contributed by atoms with Crippen molar-refractivity contribution in [2.75, 3.05) is 45.2 Å². The SMILES string of the molecule is COc1ccc([C@]2(CCN(Cc3ccc(C4=CC[C@H](C(=O)N5CCC(Nc6ccc7c8c6CCCn8c(=O)n7[C@@H]6CCC(=O)NC6=O)CC5)CC4)c(F)c3)CC(C)(C)C(F)(F)F)CCOC(C)(C)C2)cc1. The second-order valence-corrected chi connectivity index (χ2v) is 22.0. The Morgan fingerprint density at radius 1 is 0.958 bits per heavy atom. The number of methoxy groups -OCH3 is 1. The summed E-state index contributed by atoms with van der Waals surface area (Å²) in [6, 6.07) is 16.2. The third-order valence-corrected chi connectivity index (χ3v) is 16.1. The van der Waals surface area contributed by atoms with Crippen LogP contribution in [0, 0.1) is 17.2 Å². The van der Waals surface area contributed by atoms with Crippen molar-refractivity contribution in [1.29, 1.82) is 0 Å². The minimum Gasteiger partial charge on any atom is -0.497 e. The van der Waals surface area contributed by atoms with E-state index in [0.29, 0.717) is 81.5 Å². The van der Waals surface area contributed by atoms with Gasteiger partial charge in [0.2, 0.25) is 17.7 Å². The molecule has 3 aromatic carbocycles. The van der Waals surface area contributed by atoms with Crippen molar-refractivity contribution in [3.05, 3.63) is 99.2 Å². The maximum atomic E-state index is 16.1. The van der Waals surface area contributed by atoms with Crippen LogP contribution in [0.2, 0.25) is 0 Å². The Labute approximate surface area is 413 Å². The lowest BCUT2D eigenvalue weighted by molar-refractivity contribution is -0.217. The highest BCUT2D eigenvalue weighted by atomic mass is 19.4. The Kier molecular flexibility index (Phi) is 14.1. The highest BCUT2D eigenvalue weighted by Gasteiger charge is 2.49. The molecule has 12 nitrogen and oxygen atoms in total. The molecular formula is C55H68F4N6O6. The Bertz CT molecular complexity index is 2750. The van der Waals surface area contributed by atoms with Crippen LogP contribution in [0.5, 0.6) is 5.75 Å². The predicted octanol–water partition coefficient (Wildman–Crippen LogP) is 9.47. The zero-order valence-electron chi connectivity index (χ0n) is 41.7. The molecule has 3 saturated heterocycles. The molecule has 5 aliphatic rings. The number of nitrogens with one attached hydrogen (secondary N) is 2. The Morgan fingerprint density at radius 2 is 1.72 bits per heavy atom. The fourth-order valence-electron chi connectivity index (χ4n) is 12.1. The van der Waals surface area contributed by atoms with Gasteiger partial charge < -0.3 is 19.7 Å². The molecule has 3 amide bonds. The highest BCUT2D eigenvalue weighted by Crippen LogP contribution is 2.46. The minimum atomic E-state index is -4.44. The number of alkyl halides is 3. The largest absolute Gasteiger partial charge is 0.497 e. The Morgan fingerprint density at radius 3 is 2.38 bits per heavy atom. The van der Waals surface area contributed by atoms with Gasteiger partial charge in [0.25, 0.3) is 0 Å². The molecule has 16 heteroatoms. The second-order valence-electron chi connectivity index (χ2n) is 22.0. The number of benzene rings is 3. The van der Waals surface area contributed by atoms with E-state index in [2.05, 4.69) is 24.5 Å². The molecule has 1 aromatic heterocycles. The van der Waals surface area contributed by atoms with Crippen LogP contribution in [-0.4, -0.2) is 94.4 Å². The smallest absolute Gasteiger partial charge is 0.395 e. The summed E-state index contributed by atoms with van der Waals surface area (Å²) in [5.41, 5.74) is 3.51. The molecule has 3 atom stereocenters. The number of likely N-dealkylation sites (tertiary alicyclic amines) is 1. The average Bonchev–Trinajstić information content (AvgIpc) is 3.62. The summed E-state index contributed by atoms with van der Waals surface area (Å²) in [6.07, 6.45) is 4.71. The van der Waals surface area contributed by atoms with Crippen molar-refractivity contribution in [3.8, 4) is 5.75 Å². The lowest BCUT2D eigenvalue weighted by Crippen LogP contribution is -2.47. The van der Waals surface area contributed by atoms with Gasteiger partial charge in [0.15, 0.2) is 0 Å². The molecule has 382 valence electrons. The van der Waals surface area contributed by atoms with Crippen LogP contribution < -0.4 is 21.1 Å². The van der Waals surface area contributed by atoms with E-state index in [1.165, 1.54) is 19.9 Å². The number of ether oxygens (including phenoxy) is 2. The number of halogens is 4. The molecule has 5 heterocycles. The number of rotatable bonds is 14. The van der Waals surface area contributed by atoms with E-state index in [9.17, 15) is 32.3 Å². The second kappa shape index (κ2) is 19.8. The van der Waals surface area contributed by atoms with Crippen molar-refractivity contribution in [3.63, 3.8) is 0 Å². The lowest BCUT2D eigenvalue weighted by atomic mass is 9.67. The number of carbonyl (C=O) groups excluding carboxylic acids is 3. The van der Waals surface area contributed by atoms with Gasteiger partial charge >= 0.3 is 11.9 Å². The molecule has 4 aliphatic heterocycles. The number of amides is 3. The van der Waals surface area contributed by atoms with Gasteiger partial charge in [0.05, 0.1) is 29.2 Å². The highest BCUT2D eigenvalue weighted by molar-refractivity contribution is 6.00. The van der Waals surface area contributed by atoms with Gasteiger partial charge in [-0.1, -0.05) is 30.3 Å². The number of anilines is 1. The Balaban J connectivity index is 0.825. The fraction of sp³-hybridized carbons (Fsp3) is 0.564. The van der Waals surface area contributed by atoms with Crippen molar-refractivity contribution >= 4 is 40.0 Å². The third kappa shape index (κ3) is 10.4. The predicted molar refractivity (Wildman–Crippen MR) is 265 cm³/mol. The molecule has 0 unspecified atom stereocenters. The van der Waals surface area contributed by atoms with Crippen LogP contribution in [0.4, 0.5) is 23.2 Å². The molecule has 0 bridgehead atoms. The summed E-state index contributed by atoms with van der Waals surface area (Å²) in [6.45, 7) is 9.10. The normalized spacial score (nSPS) is 23.2. The van der Waals surface area contributed by atoms with Crippen LogP contribution in [-0.2, 0) is 44.0 Å². The minimum absolute atomic E-state index is 0.102. The molecule has 9 rings (SSSR count). The molecule has 3 fully saturated rings. The summed E-state index contributed by atoms with van der Waals surface area (Å²) >= 11 is 0. The Hall–Kier alpha value is -5.48. The van der Waals surface area contributed by atoms with Gasteiger partial charge in [-0.05, 0) is 152 Å². The maximum Gasteiger partial charge on any atom is 0.395 e. The van der Waals surface area contributed by atoms with Crippen molar-refractivity contribution in [2.24, 2.45) is 11.3 Å².